The van der Waals surface area contributed by atoms with Crippen molar-refractivity contribution in [3.8, 4) is 5.75 Å². The van der Waals surface area contributed by atoms with Crippen molar-refractivity contribution in [1.82, 2.24) is 0 Å². The molecule has 1 aromatic carbocycles. The lowest BCUT2D eigenvalue weighted by Gasteiger charge is -2.22. The molecular weight excluding hydrogens is 234 g/mol. The lowest BCUT2D eigenvalue weighted by molar-refractivity contribution is 0.258. The van der Waals surface area contributed by atoms with Crippen LogP contribution in [0.15, 0.2) is 24.3 Å². The Kier molecular flexibility index (Phi) is 6.36. The predicted octanol–water partition coefficient (Wildman–Crippen LogP) is 4.34. The van der Waals surface area contributed by atoms with Gasteiger partial charge in [-0.05, 0) is 48.8 Å². The van der Waals surface area contributed by atoms with E-state index in [1.165, 1.54) is 5.56 Å². The van der Waals surface area contributed by atoms with E-state index in [9.17, 15) is 0 Å². The Hall–Kier alpha value is -1.02. The van der Waals surface area contributed by atoms with Gasteiger partial charge < -0.3 is 10.5 Å². The quantitative estimate of drug-likeness (QED) is 0.708. The summed E-state index contributed by atoms with van der Waals surface area (Å²) in [5.74, 6) is 1.60. The van der Waals surface area contributed by atoms with Gasteiger partial charge in [-0.25, -0.2) is 0 Å². The van der Waals surface area contributed by atoms with E-state index < -0.39 is 0 Å². The molecule has 0 fully saturated rings. The maximum Gasteiger partial charge on any atom is 0.122 e. The first-order valence-corrected chi connectivity index (χ1v) is 7.42. The summed E-state index contributed by atoms with van der Waals surface area (Å²) in [7, 11) is 0. The second-order valence-electron chi connectivity index (χ2n) is 6.17. The van der Waals surface area contributed by atoms with Gasteiger partial charge in [0, 0.05) is 0 Å². The van der Waals surface area contributed by atoms with Gasteiger partial charge in [0.1, 0.15) is 5.75 Å². The van der Waals surface area contributed by atoms with Crippen molar-refractivity contribution in [3.63, 3.8) is 0 Å². The highest BCUT2D eigenvalue weighted by molar-refractivity contribution is 5.35. The van der Waals surface area contributed by atoms with Crippen LogP contribution in [0.2, 0.25) is 0 Å². The van der Waals surface area contributed by atoms with E-state index in [1.54, 1.807) is 0 Å². The van der Waals surface area contributed by atoms with Crippen LogP contribution in [0.1, 0.15) is 58.4 Å². The fraction of sp³-hybridized carbons (Fsp3) is 0.647. The van der Waals surface area contributed by atoms with Crippen LogP contribution in [0.3, 0.4) is 0 Å². The summed E-state index contributed by atoms with van der Waals surface area (Å²) in [5, 5.41) is 0. The van der Waals surface area contributed by atoms with Crippen molar-refractivity contribution in [2.45, 2.75) is 52.9 Å². The molecule has 1 atom stereocenters. The zero-order chi connectivity index (χ0) is 14.3. The van der Waals surface area contributed by atoms with Crippen LogP contribution in [-0.2, 0) is 0 Å². The van der Waals surface area contributed by atoms with Gasteiger partial charge in [0.15, 0.2) is 0 Å². The Morgan fingerprint density at radius 2 is 1.95 bits per heavy atom. The molecule has 19 heavy (non-hydrogen) atoms. The smallest absolute Gasteiger partial charge is 0.122 e. The first-order chi connectivity index (χ1) is 9.00. The molecule has 2 heteroatoms. The molecule has 0 saturated heterocycles. The number of nitrogens with two attached hydrogens (primary N) is 1. The van der Waals surface area contributed by atoms with Crippen LogP contribution in [-0.4, -0.2) is 13.2 Å². The second kappa shape index (κ2) is 7.54. The van der Waals surface area contributed by atoms with Gasteiger partial charge in [0.2, 0.25) is 0 Å². The standard InChI is InChI=1S/C17H29NO/c1-5-14(2)15-9-6-7-10-16(15)19-12-8-11-17(3,4)13-18/h6-7,9-10,14H,5,8,11-13,18H2,1-4H3. The zero-order valence-electron chi connectivity index (χ0n) is 12.9. The minimum atomic E-state index is 0.222. The molecule has 0 spiro atoms. The molecule has 0 aromatic heterocycles. The van der Waals surface area contributed by atoms with E-state index in [1.807, 2.05) is 6.07 Å². The Labute approximate surface area is 118 Å². The van der Waals surface area contributed by atoms with Crippen LogP contribution in [0.5, 0.6) is 5.75 Å². The number of para-hydroxylation sites is 1. The van der Waals surface area contributed by atoms with Crippen molar-refractivity contribution < 1.29 is 4.74 Å². The van der Waals surface area contributed by atoms with Crippen LogP contribution in [0, 0.1) is 5.41 Å². The molecule has 1 unspecified atom stereocenters. The molecule has 0 amide bonds. The highest BCUT2D eigenvalue weighted by atomic mass is 16.5. The monoisotopic (exact) mass is 263 g/mol. The van der Waals surface area contributed by atoms with Crippen molar-refractivity contribution in [2.24, 2.45) is 11.1 Å². The maximum atomic E-state index is 5.96. The molecule has 108 valence electrons. The second-order valence-corrected chi connectivity index (χ2v) is 6.17. The fourth-order valence-electron chi connectivity index (χ4n) is 2.07. The van der Waals surface area contributed by atoms with Crippen LogP contribution >= 0.6 is 0 Å². The van der Waals surface area contributed by atoms with Gasteiger partial charge in [0.25, 0.3) is 0 Å². The molecule has 2 N–H and O–H groups in total. The molecule has 1 aromatic rings. The van der Waals surface area contributed by atoms with Gasteiger partial charge in [0.05, 0.1) is 6.61 Å². The first kappa shape index (κ1) is 16.0. The van der Waals surface area contributed by atoms with Gasteiger partial charge >= 0.3 is 0 Å². The van der Waals surface area contributed by atoms with E-state index in [-0.39, 0.29) is 5.41 Å². The molecule has 0 saturated carbocycles. The predicted molar refractivity (Wildman–Crippen MR) is 82.7 cm³/mol. The molecule has 0 aliphatic heterocycles. The largest absolute Gasteiger partial charge is 0.493 e. The molecular formula is C17H29NO. The Morgan fingerprint density at radius 3 is 2.58 bits per heavy atom. The molecule has 0 bridgehead atoms. The molecule has 2 nitrogen and oxygen atoms in total. The average Bonchev–Trinajstić information content (AvgIpc) is 2.43. The van der Waals surface area contributed by atoms with Crippen molar-refractivity contribution in [3.05, 3.63) is 29.8 Å². The van der Waals surface area contributed by atoms with Crippen LogP contribution < -0.4 is 10.5 Å². The maximum absolute atomic E-state index is 5.96. The third kappa shape index (κ3) is 5.23. The number of benzene rings is 1. The Bertz CT molecular complexity index is 373. The topological polar surface area (TPSA) is 35.2 Å². The van der Waals surface area contributed by atoms with Gasteiger partial charge in [-0.1, -0.05) is 45.9 Å². The van der Waals surface area contributed by atoms with Crippen LogP contribution in [0.4, 0.5) is 0 Å². The van der Waals surface area contributed by atoms with Gasteiger partial charge in [-0.2, -0.15) is 0 Å². The number of hydrogen-bond donors (Lipinski definition) is 1. The lowest BCUT2D eigenvalue weighted by Crippen LogP contribution is -2.24. The summed E-state index contributed by atoms with van der Waals surface area (Å²) >= 11 is 0. The average molecular weight is 263 g/mol. The molecule has 0 aliphatic carbocycles. The first-order valence-electron chi connectivity index (χ1n) is 7.42. The van der Waals surface area contributed by atoms with Crippen molar-refractivity contribution >= 4 is 0 Å². The minimum Gasteiger partial charge on any atom is -0.493 e. The third-order valence-corrected chi connectivity index (χ3v) is 3.87. The van der Waals surface area contributed by atoms with E-state index in [4.69, 9.17) is 10.5 Å². The summed E-state index contributed by atoms with van der Waals surface area (Å²) in [4.78, 5) is 0. The highest BCUT2D eigenvalue weighted by Crippen LogP contribution is 2.29. The van der Waals surface area contributed by atoms with Crippen molar-refractivity contribution in [2.75, 3.05) is 13.2 Å². The molecule has 0 radical (unpaired) electrons. The van der Waals surface area contributed by atoms with Crippen LogP contribution in [0.25, 0.3) is 0 Å². The summed E-state index contributed by atoms with van der Waals surface area (Å²) in [6.45, 7) is 10.4. The minimum absolute atomic E-state index is 0.222. The highest BCUT2D eigenvalue weighted by Gasteiger charge is 2.15. The fourth-order valence-corrected chi connectivity index (χ4v) is 2.07. The van der Waals surface area contributed by atoms with Crippen molar-refractivity contribution in [1.29, 1.82) is 0 Å². The number of ether oxygens (including phenoxy) is 1. The van der Waals surface area contributed by atoms with E-state index in [0.29, 0.717) is 5.92 Å². The molecule has 0 heterocycles. The molecule has 1 rings (SSSR count). The SMILES string of the molecule is CCC(C)c1ccccc1OCCCC(C)(C)CN. The number of rotatable bonds is 8. The lowest BCUT2D eigenvalue weighted by atomic mass is 9.88. The van der Waals surface area contributed by atoms with Gasteiger partial charge in [-0.15, -0.1) is 0 Å². The number of hydrogen-bond acceptors (Lipinski definition) is 2. The summed E-state index contributed by atoms with van der Waals surface area (Å²) in [6, 6.07) is 8.39. The summed E-state index contributed by atoms with van der Waals surface area (Å²) < 4.78 is 5.96. The zero-order valence-corrected chi connectivity index (χ0v) is 12.9. The van der Waals surface area contributed by atoms with Gasteiger partial charge in [-0.3, -0.25) is 0 Å². The Balaban J connectivity index is 2.50. The van der Waals surface area contributed by atoms with E-state index in [2.05, 4.69) is 45.9 Å². The summed E-state index contributed by atoms with van der Waals surface area (Å²) in [5.41, 5.74) is 7.28. The summed E-state index contributed by atoms with van der Waals surface area (Å²) in [6.07, 6.45) is 3.30. The van der Waals surface area contributed by atoms with E-state index in [0.717, 1.165) is 38.2 Å². The normalized spacial score (nSPS) is 13.3. The van der Waals surface area contributed by atoms with E-state index >= 15 is 0 Å². The Morgan fingerprint density at radius 1 is 1.26 bits per heavy atom. The molecule has 0 aliphatic rings. The third-order valence-electron chi connectivity index (χ3n) is 3.87.